The Kier molecular flexibility index (Phi) is 6.88. The first kappa shape index (κ1) is 20.5. The van der Waals surface area contributed by atoms with Crippen LogP contribution in [0.25, 0.3) is 0 Å². The van der Waals surface area contributed by atoms with Crippen molar-refractivity contribution in [3.63, 3.8) is 0 Å². The number of halogens is 2. The van der Waals surface area contributed by atoms with Crippen LogP contribution in [0.15, 0.2) is 42.5 Å². The fraction of sp³-hybridized carbons (Fsp3) is 0.235. The fourth-order valence-corrected chi connectivity index (χ4v) is 3.39. The molecule has 140 valence electrons. The van der Waals surface area contributed by atoms with Gasteiger partial charge in [0.1, 0.15) is 5.75 Å². The Morgan fingerprint density at radius 2 is 1.85 bits per heavy atom. The zero-order valence-corrected chi connectivity index (χ0v) is 16.5. The molecule has 9 heteroatoms. The summed E-state index contributed by atoms with van der Waals surface area (Å²) in [7, 11) is -2.13. The molecule has 0 saturated carbocycles. The van der Waals surface area contributed by atoms with Gasteiger partial charge in [-0.1, -0.05) is 41.4 Å². The lowest BCUT2D eigenvalue weighted by molar-refractivity contribution is -0.116. The van der Waals surface area contributed by atoms with Gasteiger partial charge in [0.15, 0.2) is 0 Å². The molecule has 0 bridgehead atoms. The topological polar surface area (TPSA) is 75.7 Å². The lowest BCUT2D eigenvalue weighted by Crippen LogP contribution is -2.37. The van der Waals surface area contributed by atoms with E-state index in [0.29, 0.717) is 27.0 Å². The number of amides is 1. The summed E-state index contributed by atoms with van der Waals surface area (Å²) in [6.07, 6.45) is 1.04. The molecule has 0 radical (unpaired) electrons. The quantitative estimate of drug-likeness (QED) is 0.749. The highest BCUT2D eigenvalue weighted by molar-refractivity contribution is 7.88. The monoisotopic (exact) mass is 416 g/mol. The summed E-state index contributed by atoms with van der Waals surface area (Å²) >= 11 is 12.1. The first-order valence-corrected chi connectivity index (χ1v) is 10.1. The number of ether oxygens (including phenoxy) is 1. The van der Waals surface area contributed by atoms with E-state index in [1.807, 2.05) is 0 Å². The van der Waals surface area contributed by atoms with E-state index in [2.05, 4.69) is 5.32 Å². The molecule has 6 nitrogen and oxygen atoms in total. The standard InChI is InChI=1S/C17H18Cl2N2O4S/c1-25-16-8-7-13(9-15(16)19)20-17(22)11-21(26(2,23)24)10-12-5-3-4-6-14(12)18/h3-9H,10-11H2,1-2H3,(H,20,22). The first-order valence-electron chi connectivity index (χ1n) is 7.52. The molecule has 2 aromatic rings. The SMILES string of the molecule is COc1ccc(NC(=O)CN(Cc2ccccc2Cl)S(C)(=O)=O)cc1Cl. The van der Waals surface area contributed by atoms with Crippen LogP contribution in [-0.2, 0) is 21.4 Å². The third-order valence-electron chi connectivity index (χ3n) is 3.53. The smallest absolute Gasteiger partial charge is 0.239 e. The summed E-state index contributed by atoms with van der Waals surface area (Å²) < 4.78 is 30.2. The fourth-order valence-electron chi connectivity index (χ4n) is 2.21. The number of benzene rings is 2. The molecule has 0 aliphatic rings. The maximum absolute atomic E-state index is 12.3. The van der Waals surface area contributed by atoms with Crippen LogP contribution in [0.5, 0.6) is 5.75 Å². The predicted octanol–water partition coefficient (Wildman–Crippen LogP) is 3.40. The number of anilines is 1. The summed E-state index contributed by atoms with van der Waals surface area (Å²) in [6.45, 7) is -0.358. The van der Waals surface area contributed by atoms with E-state index >= 15 is 0 Å². The van der Waals surface area contributed by atoms with Gasteiger partial charge in [0.2, 0.25) is 15.9 Å². The van der Waals surface area contributed by atoms with Gasteiger partial charge in [0.25, 0.3) is 0 Å². The Morgan fingerprint density at radius 3 is 2.42 bits per heavy atom. The van der Waals surface area contributed by atoms with Crippen LogP contribution < -0.4 is 10.1 Å². The molecule has 2 rings (SSSR count). The Hall–Kier alpha value is -1.80. The van der Waals surface area contributed by atoms with Crippen molar-refractivity contribution in [2.24, 2.45) is 0 Å². The average Bonchev–Trinajstić information content (AvgIpc) is 2.55. The Balaban J connectivity index is 2.12. The summed E-state index contributed by atoms with van der Waals surface area (Å²) in [4.78, 5) is 12.3. The number of carbonyl (C=O) groups is 1. The number of nitrogens with zero attached hydrogens (tertiary/aromatic N) is 1. The van der Waals surface area contributed by atoms with E-state index < -0.39 is 15.9 Å². The number of hydrogen-bond acceptors (Lipinski definition) is 4. The van der Waals surface area contributed by atoms with Gasteiger partial charge < -0.3 is 10.1 Å². The highest BCUT2D eigenvalue weighted by Crippen LogP contribution is 2.27. The van der Waals surface area contributed by atoms with Crippen LogP contribution in [0.3, 0.4) is 0 Å². The van der Waals surface area contributed by atoms with Crippen molar-refractivity contribution in [3.8, 4) is 5.75 Å². The third-order valence-corrected chi connectivity index (χ3v) is 5.39. The van der Waals surface area contributed by atoms with Gasteiger partial charge in [-0.2, -0.15) is 4.31 Å². The van der Waals surface area contributed by atoms with Gasteiger partial charge >= 0.3 is 0 Å². The van der Waals surface area contributed by atoms with Gasteiger partial charge in [-0.05, 0) is 29.8 Å². The summed E-state index contributed by atoms with van der Waals surface area (Å²) in [5.41, 5.74) is 1.05. The first-order chi connectivity index (χ1) is 12.2. The highest BCUT2D eigenvalue weighted by Gasteiger charge is 2.21. The second-order valence-corrected chi connectivity index (χ2v) is 8.32. The average molecular weight is 417 g/mol. The lowest BCUT2D eigenvalue weighted by Gasteiger charge is -2.20. The Labute approximate surface area is 162 Å². The number of sulfonamides is 1. The molecule has 0 heterocycles. The summed E-state index contributed by atoms with van der Waals surface area (Å²) in [5.74, 6) is -0.0233. The second-order valence-electron chi connectivity index (χ2n) is 5.52. The van der Waals surface area contributed by atoms with Crippen molar-refractivity contribution in [2.45, 2.75) is 6.54 Å². The summed E-state index contributed by atoms with van der Waals surface area (Å²) in [6, 6.07) is 11.6. The van der Waals surface area contributed by atoms with E-state index in [1.165, 1.54) is 13.2 Å². The molecule has 0 aliphatic heterocycles. The van der Waals surface area contributed by atoms with Crippen LogP contribution in [0, 0.1) is 0 Å². The number of hydrogen-bond donors (Lipinski definition) is 1. The van der Waals surface area contributed by atoms with Gasteiger partial charge in [-0.25, -0.2) is 8.42 Å². The van der Waals surface area contributed by atoms with Gasteiger partial charge in [-0.15, -0.1) is 0 Å². The van der Waals surface area contributed by atoms with Crippen LogP contribution in [0.4, 0.5) is 5.69 Å². The van der Waals surface area contributed by atoms with Crippen molar-refractivity contribution in [2.75, 3.05) is 25.2 Å². The van der Waals surface area contributed by atoms with Crippen LogP contribution in [0.2, 0.25) is 10.0 Å². The largest absolute Gasteiger partial charge is 0.495 e. The minimum absolute atomic E-state index is 0.00467. The van der Waals surface area contributed by atoms with Crippen LogP contribution in [-0.4, -0.2) is 38.5 Å². The Bertz CT molecular complexity index is 903. The maximum Gasteiger partial charge on any atom is 0.239 e. The second kappa shape index (κ2) is 8.73. The normalized spacial score (nSPS) is 11.4. The molecule has 0 aliphatic carbocycles. The van der Waals surface area contributed by atoms with Crippen LogP contribution in [0.1, 0.15) is 5.56 Å². The van der Waals surface area contributed by atoms with E-state index in [4.69, 9.17) is 27.9 Å². The van der Waals surface area contributed by atoms with Crippen molar-refractivity contribution in [1.82, 2.24) is 4.31 Å². The molecule has 0 aromatic heterocycles. The molecule has 0 atom stereocenters. The van der Waals surface area contributed by atoms with Gasteiger partial charge in [0.05, 0.1) is 24.9 Å². The summed E-state index contributed by atoms with van der Waals surface area (Å²) in [5, 5.41) is 3.39. The molecule has 0 unspecified atom stereocenters. The minimum atomic E-state index is -3.62. The Morgan fingerprint density at radius 1 is 1.15 bits per heavy atom. The van der Waals surface area contributed by atoms with Crippen molar-refractivity contribution >= 4 is 44.8 Å². The number of methoxy groups -OCH3 is 1. The van der Waals surface area contributed by atoms with E-state index in [-0.39, 0.29) is 13.1 Å². The molecule has 0 saturated heterocycles. The van der Waals surface area contributed by atoms with Crippen molar-refractivity contribution < 1.29 is 17.9 Å². The highest BCUT2D eigenvalue weighted by atomic mass is 35.5. The van der Waals surface area contributed by atoms with Crippen molar-refractivity contribution in [1.29, 1.82) is 0 Å². The lowest BCUT2D eigenvalue weighted by atomic mass is 10.2. The van der Waals surface area contributed by atoms with Gasteiger partial charge in [0, 0.05) is 17.3 Å². The van der Waals surface area contributed by atoms with Crippen molar-refractivity contribution in [3.05, 3.63) is 58.1 Å². The molecule has 2 aromatic carbocycles. The number of nitrogens with one attached hydrogen (secondary N) is 1. The molecular formula is C17H18Cl2N2O4S. The van der Waals surface area contributed by atoms with E-state index in [9.17, 15) is 13.2 Å². The molecule has 1 amide bonds. The molecule has 0 fully saturated rings. The minimum Gasteiger partial charge on any atom is -0.495 e. The molecule has 0 spiro atoms. The molecule has 26 heavy (non-hydrogen) atoms. The molecule has 1 N–H and O–H groups in total. The zero-order chi connectivity index (χ0) is 19.3. The number of carbonyl (C=O) groups excluding carboxylic acids is 1. The number of rotatable bonds is 7. The molecular weight excluding hydrogens is 399 g/mol. The maximum atomic E-state index is 12.3. The van der Waals surface area contributed by atoms with E-state index in [1.54, 1.807) is 36.4 Å². The van der Waals surface area contributed by atoms with E-state index in [0.717, 1.165) is 10.6 Å². The third kappa shape index (κ3) is 5.60. The predicted molar refractivity (Wildman–Crippen MR) is 103 cm³/mol. The van der Waals surface area contributed by atoms with Crippen LogP contribution >= 0.6 is 23.2 Å². The van der Waals surface area contributed by atoms with Gasteiger partial charge in [-0.3, -0.25) is 4.79 Å². The zero-order valence-electron chi connectivity index (χ0n) is 14.2.